The molecule has 0 spiro atoms. The molecule has 1 N–H and O–H groups in total. The van der Waals surface area contributed by atoms with Crippen molar-refractivity contribution in [1.29, 1.82) is 0 Å². The molecule has 0 aromatic carbocycles. The van der Waals surface area contributed by atoms with Gasteiger partial charge in [0, 0.05) is 0 Å². The molecule has 1 fully saturated rings. The van der Waals surface area contributed by atoms with Crippen molar-refractivity contribution in [3.05, 3.63) is 12.3 Å². The van der Waals surface area contributed by atoms with Crippen LogP contribution < -0.4 is 0 Å². The summed E-state index contributed by atoms with van der Waals surface area (Å²) in [6.45, 7) is 5.40. The Morgan fingerprint density at radius 3 is 2.83 bits per heavy atom. The van der Waals surface area contributed by atoms with Crippen molar-refractivity contribution in [2.75, 3.05) is 6.61 Å². The van der Waals surface area contributed by atoms with E-state index in [9.17, 15) is 4.79 Å². The van der Waals surface area contributed by atoms with Gasteiger partial charge >= 0.3 is 0 Å². The monoisotopic (exact) mass is 172 g/mol. The molecule has 4 nitrogen and oxygen atoms in total. The number of carbonyl (C=O) groups is 1. The van der Waals surface area contributed by atoms with E-state index in [-0.39, 0.29) is 11.5 Å². The summed E-state index contributed by atoms with van der Waals surface area (Å²) in [6.07, 6.45) is 1.11. The fourth-order valence-corrected chi connectivity index (χ4v) is 1.31. The molecule has 1 atom stereocenters. The Morgan fingerprint density at radius 1 is 1.83 bits per heavy atom. The van der Waals surface area contributed by atoms with Crippen molar-refractivity contribution >= 4 is 5.78 Å². The Bertz CT molecular complexity index is 211. The molecular weight excluding hydrogens is 160 g/mol. The summed E-state index contributed by atoms with van der Waals surface area (Å²) in [6, 6.07) is 0. The van der Waals surface area contributed by atoms with Crippen molar-refractivity contribution in [3.8, 4) is 0 Å². The summed E-state index contributed by atoms with van der Waals surface area (Å²) in [7, 11) is 0. The molecule has 12 heavy (non-hydrogen) atoms. The molecule has 0 aliphatic carbocycles. The molecule has 4 heteroatoms. The summed E-state index contributed by atoms with van der Waals surface area (Å²) < 4.78 is 5.05. The van der Waals surface area contributed by atoms with E-state index in [1.807, 2.05) is 0 Å². The maximum absolute atomic E-state index is 11.1. The molecule has 0 aromatic heterocycles. The molecule has 0 amide bonds. The van der Waals surface area contributed by atoms with E-state index >= 15 is 0 Å². The van der Waals surface area contributed by atoms with E-state index in [0.29, 0.717) is 19.4 Å². The van der Waals surface area contributed by atoms with Crippen molar-refractivity contribution in [2.45, 2.75) is 25.4 Å². The van der Waals surface area contributed by atoms with E-state index in [1.54, 1.807) is 0 Å². The predicted molar refractivity (Wildman–Crippen MR) is 41.5 cm³/mol. The van der Waals surface area contributed by atoms with Gasteiger partial charge in [-0.1, -0.05) is 6.58 Å². The van der Waals surface area contributed by atoms with Crippen LogP contribution in [-0.4, -0.2) is 23.2 Å². The highest BCUT2D eigenvalue weighted by Gasteiger charge is 2.44. The summed E-state index contributed by atoms with van der Waals surface area (Å²) in [5.41, 5.74) is -1.32. The zero-order valence-electron chi connectivity index (χ0n) is 7.00. The molecular formula is C8H12O4. The fraction of sp³-hybridized carbons (Fsp3) is 0.625. The lowest BCUT2D eigenvalue weighted by Gasteiger charge is -2.33. The molecule has 0 bridgehead atoms. The first-order valence-electron chi connectivity index (χ1n) is 3.79. The van der Waals surface area contributed by atoms with Crippen LogP contribution in [0.2, 0.25) is 0 Å². The van der Waals surface area contributed by atoms with Gasteiger partial charge in [-0.25, -0.2) is 4.89 Å². The van der Waals surface area contributed by atoms with Crippen molar-refractivity contribution in [1.82, 2.24) is 0 Å². The van der Waals surface area contributed by atoms with E-state index in [4.69, 9.17) is 9.99 Å². The van der Waals surface area contributed by atoms with Crippen LogP contribution in [0.3, 0.4) is 0 Å². The normalized spacial score (nSPS) is 29.7. The Balaban J connectivity index is 2.88. The molecule has 1 heterocycles. The third-order valence-corrected chi connectivity index (χ3v) is 2.12. The first kappa shape index (κ1) is 9.22. The predicted octanol–water partition coefficient (Wildman–Crippen LogP) is 1.13. The third-order valence-electron chi connectivity index (χ3n) is 2.12. The highest BCUT2D eigenvalue weighted by atomic mass is 17.1. The Labute approximate surface area is 70.7 Å². The second-order valence-corrected chi connectivity index (χ2v) is 2.85. The number of hydrogen-bond acceptors (Lipinski definition) is 4. The molecule has 0 saturated carbocycles. The minimum atomic E-state index is -1.32. The summed E-state index contributed by atoms with van der Waals surface area (Å²) in [5, 5.41) is 8.62. The number of Topliss-reactive ketones (excluding diaryl/α,β-unsaturated/α-hetero) is 1. The van der Waals surface area contributed by atoms with E-state index in [2.05, 4.69) is 11.5 Å². The lowest BCUT2D eigenvalue weighted by molar-refractivity contribution is -0.313. The minimum absolute atomic E-state index is 0.198. The molecule has 0 aromatic rings. The molecule has 1 rings (SSSR count). The highest BCUT2D eigenvalue weighted by Crippen LogP contribution is 2.31. The quantitative estimate of drug-likeness (QED) is 0.501. The van der Waals surface area contributed by atoms with Crippen LogP contribution in [0.4, 0.5) is 0 Å². The second kappa shape index (κ2) is 3.25. The van der Waals surface area contributed by atoms with Gasteiger partial charge < -0.3 is 4.74 Å². The zero-order chi connectivity index (χ0) is 9.19. The first-order valence-corrected chi connectivity index (χ1v) is 3.79. The van der Waals surface area contributed by atoms with E-state index < -0.39 is 5.60 Å². The van der Waals surface area contributed by atoms with Crippen LogP contribution in [0.25, 0.3) is 0 Å². The number of rotatable bonds is 2. The Morgan fingerprint density at radius 2 is 2.50 bits per heavy atom. The van der Waals surface area contributed by atoms with Gasteiger partial charge in [-0.15, -0.1) is 0 Å². The lowest BCUT2D eigenvalue weighted by atomic mass is 9.90. The molecule has 1 aliphatic heterocycles. The first-order chi connectivity index (χ1) is 5.63. The van der Waals surface area contributed by atoms with Crippen molar-refractivity contribution < 1.29 is 19.7 Å². The molecule has 1 unspecified atom stereocenters. The Hall–Kier alpha value is -0.870. The van der Waals surface area contributed by atoms with Crippen molar-refractivity contribution in [2.24, 2.45) is 0 Å². The summed E-state index contributed by atoms with van der Waals surface area (Å²) in [4.78, 5) is 15.3. The van der Waals surface area contributed by atoms with Gasteiger partial charge in [-0.2, -0.15) is 0 Å². The topological polar surface area (TPSA) is 55.8 Å². The maximum Gasteiger partial charge on any atom is 0.216 e. The summed E-state index contributed by atoms with van der Waals surface area (Å²) >= 11 is 0. The van der Waals surface area contributed by atoms with Crippen LogP contribution in [0.1, 0.15) is 19.8 Å². The average Bonchev–Trinajstić information content (AvgIpc) is 2.05. The second-order valence-electron chi connectivity index (χ2n) is 2.85. The standard InChI is InChI=1S/C8H12O4/c1-6(9)8(12-10)4-3-5-11-7(8)2/h10H,2-5H2,1H3. The molecule has 1 saturated heterocycles. The van der Waals surface area contributed by atoms with Gasteiger partial charge in [0.2, 0.25) is 5.60 Å². The van der Waals surface area contributed by atoms with Crippen molar-refractivity contribution in [3.63, 3.8) is 0 Å². The maximum atomic E-state index is 11.1. The van der Waals surface area contributed by atoms with E-state index in [1.165, 1.54) is 6.92 Å². The van der Waals surface area contributed by atoms with Gasteiger partial charge in [-0.3, -0.25) is 10.1 Å². The number of ether oxygens (including phenoxy) is 1. The zero-order valence-corrected chi connectivity index (χ0v) is 7.00. The number of hydrogen-bond donors (Lipinski definition) is 1. The Kier molecular flexibility index (Phi) is 2.49. The van der Waals surface area contributed by atoms with Crippen LogP contribution >= 0.6 is 0 Å². The molecule has 68 valence electrons. The SMILES string of the molecule is C=C1OCCCC1(OO)C(C)=O. The third kappa shape index (κ3) is 1.23. The van der Waals surface area contributed by atoms with Gasteiger partial charge in [0.15, 0.2) is 5.78 Å². The summed E-state index contributed by atoms with van der Waals surface area (Å²) in [5.74, 6) is -0.0848. The fourth-order valence-electron chi connectivity index (χ4n) is 1.31. The van der Waals surface area contributed by atoms with Crippen LogP contribution in [0.5, 0.6) is 0 Å². The average molecular weight is 172 g/mol. The van der Waals surface area contributed by atoms with Gasteiger partial charge in [-0.05, 0) is 19.8 Å². The van der Waals surface area contributed by atoms with Crippen LogP contribution in [0.15, 0.2) is 12.3 Å². The van der Waals surface area contributed by atoms with Crippen LogP contribution in [0, 0.1) is 0 Å². The smallest absolute Gasteiger partial charge is 0.216 e. The largest absolute Gasteiger partial charge is 0.495 e. The number of carbonyl (C=O) groups excluding carboxylic acids is 1. The van der Waals surface area contributed by atoms with Gasteiger partial charge in [0.05, 0.1) is 6.61 Å². The lowest BCUT2D eigenvalue weighted by Crippen LogP contribution is -2.44. The van der Waals surface area contributed by atoms with E-state index in [0.717, 1.165) is 0 Å². The van der Waals surface area contributed by atoms with Gasteiger partial charge in [0.25, 0.3) is 0 Å². The highest BCUT2D eigenvalue weighted by molar-refractivity contribution is 5.88. The van der Waals surface area contributed by atoms with Crippen LogP contribution in [-0.2, 0) is 14.4 Å². The number of ketones is 1. The minimum Gasteiger partial charge on any atom is -0.495 e. The molecule has 1 aliphatic rings. The molecule has 0 radical (unpaired) electrons. The van der Waals surface area contributed by atoms with Gasteiger partial charge in [0.1, 0.15) is 5.76 Å².